The Kier molecular flexibility index (Phi) is 6.57. The summed E-state index contributed by atoms with van der Waals surface area (Å²) in [5.74, 6) is -0.370. The fourth-order valence-electron chi connectivity index (χ4n) is 4.62. The highest BCUT2D eigenvalue weighted by atomic mass is 32.2. The third-order valence-electron chi connectivity index (χ3n) is 6.38. The summed E-state index contributed by atoms with van der Waals surface area (Å²) in [7, 11) is 0. The first kappa shape index (κ1) is 24.2. The van der Waals surface area contributed by atoms with Crippen LogP contribution in [-0.2, 0) is 6.54 Å². The number of aliphatic hydroxyl groups excluding tert-OH is 1. The van der Waals surface area contributed by atoms with Gasteiger partial charge in [-0.05, 0) is 60.7 Å². The van der Waals surface area contributed by atoms with E-state index in [4.69, 9.17) is 4.98 Å². The third kappa shape index (κ3) is 4.76. The molecule has 1 atom stereocenters. The molecule has 188 valence electrons. The number of hydrogen-bond donors (Lipinski definition) is 1. The topological polar surface area (TPSA) is 63.8 Å². The van der Waals surface area contributed by atoms with Crippen LogP contribution in [0, 0.1) is 11.6 Å². The van der Waals surface area contributed by atoms with Gasteiger partial charge in [-0.1, -0.05) is 48.2 Å². The molecule has 2 heterocycles. The van der Waals surface area contributed by atoms with Gasteiger partial charge >= 0.3 is 0 Å². The first-order valence-electron chi connectivity index (χ1n) is 12.1. The predicted molar refractivity (Wildman–Crippen MR) is 147 cm³/mol. The lowest BCUT2D eigenvalue weighted by Gasteiger charge is -2.14. The number of nitrogens with zero attached hydrogens (tertiary/aromatic N) is 4. The van der Waals surface area contributed by atoms with Gasteiger partial charge in [-0.3, -0.25) is 0 Å². The highest BCUT2D eigenvalue weighted by molar-refractivity contribution is 7.99. The van der Waals surface area contributed by atoms with Gasteiger partial charge in [0.15, 0.2) is 0 Å². The molecular weight excluding hydrogens is 502 g/mol. The molecule has 0 saturated carbocycles. The smallest absolute Gasteiger partial charge is 0.209 e. The summed E-state index contributed by atoms with van der Waals surface area (Å²) in [6.07, 6.45) is -0.672. The molecule has 0 amide bonds. The van der Waals surface area contributed by atoms with E-state index in [0.29, 0.717) is 40.0 Å². The first-order valence-corrected chi connectivity index (χ1v) is 13.1. The Morgan fingerprint density at radius 3 is 1.79 bits per heavy atom. The fourth-order valence-corrected chi connectivity index (χ4v) is 5.32. The van der Waals surface area contributed by atoms with Gasteiger partial charge in [0, 0.05) is 38.7 Å². The number of benzene rings is 4. The van der Waals surface area contributed by atoms with Crippen molar-refractivity contribution in [3.63, 3.8) is 0 Å². The Labute approximate surface area is 221 Å². The van der Waals surface area contributed by atoms with Crippen molar-refractivity contribution in [3.05, 3.63) is 109 Å². The Hall–Kier alpha value is -4.14. The zero-order chi connectivity index (χ0) is 26.1. The van der Waals surface area contributed by atoms with Gasteiger partial charge in [-0.25, -0.2) is 13.8 Å². The van der Waals surface area contributed by atoms with Crippen molar-refractivity contribution in [2.45, 2.75) is 17.8 Å². The van der Waals surface area contributed by atoms with E-state index < -0.39 is 6.10 Å². The van der Waals surface area contributed by atoms with E-state index in [0.717, 1.165) is 21.8 Å². The lowest BCUT2D eigenvalue weighted by molar-refractivity contribution is 0.181. The molecule has 1 N–H and O–H groups in total. The van der Waals surface area contributed by atoms with Crippen molar-refractivity contribution < 1.29 is 13.9 Å². The molecule has 0 fully saturated rings. The van der Waals surface area contributed by atoms with Crippen LogP contribution in [0.25, 0.3) is 44.3 Å². The van der Waals surface area contributed by atoms with E-state index in [9.17, 15) is 13.9 Å². The molecule has 0 bridgehead atoms. The average Bonchev–Trinajstić information content (AvgIpc) is 3.26. The highest BCUT2D eigenvalue weighted by Gasteiger charge is 2.17. The van der Waals surface area contributed by atoms with E-state index >= 15 is 0 Å². The fraction of sp³-hybridized carbons (Fsp3) is 0.100. The van der Waals surface area contributed by atoms with Gasteiger partial charge in [-0.15, -0.1) is 10.2 Å². The van der Waals surface area contributed by atoms with Crippen LogP contribution < -0.4 is 0 Å². The minimum absolute atomic E-state index is 0.348. The molecule has 0 spiro atoms. The van der Waals surface area contributed by atoms with E-state index in [-0.39, 0.29) is 11.6 Å². The summed E-state index contributed by atoms with van der Waals surface area (Å²) in [6.45, 7) is 0.410. The molecule has 5 nitrogen and oxygen atoms in total. The van der Waals surface area contributed by atoms with Crippen LogP contribution in [0.4, 0.5) is 8.78 Å². The number of thioether (sulfide) groups is 1. The van der Waals surface area contributed by atoms with Crippen LogP contribution in [0.1, 0.15) is 0 Å². The molecular formula is C30H22F2N4OS. The second-order valence-electron chi connectivity index (χ2n) is 8.92. The molecule has 8 heteroatoms. The lowest BCUT2D eigenvalue weighted by atomic mass is 10.0. The minimum atomic E-state index is -0.672. The Balaban J connectivity index is 1.27. The van der Waals surface area contributed by atoms with E-state index in [2.05, 4.69) is 39.0 Å². The van der Waals surface area contributed by atoms with Gasteiger partial charge in [0.2, 0.25) is 5.16 Å². The van der Waals surface area contributed by atoms with Crippen LogP contribution in [0.5, 0.6) is 0 Å². The van der Waals surface area contributed by atoms with Crippen LogP contribution in [0.2, 0.25) is 0 Å². The quantitative estimate of drug-likeness (QED) is 0.234. The van der Waals surface area contributed by atoms with Crippen LogP contribution in [-0.4, -0.2) is 36.7 Å². The van der Waals surface area contributed by atoms with Crippen LogP contribution in [0.3, 0.4) is 0 Å². The number of aliphatic hydroxyl groups is 1. The summed E-state index contributed by atoms with van der Waals surface area (Å²) in [5.41, 5.74) is 4.41. The Bertz CT molecular complexity index is 1680. The van der Waals surface area contributed by atoms with Crippen molar-refractivity contribution in [1.82, 2.24) is 19.7 Å². The van der Waals surface area contributed by atoms with Crippen LogP contribution >= 0.6 is 11.8 Å². The normalized spacial score (nSPS) is 12.3. The zero-order valence-corrected chi connectivity index (χ0v) is 20.9. The van der Waals surface area contributed by atoms with Gasteiger partial charge in [0.1, 0.15) is 23.0 Å². The molecule has 6 aromatic rings. The average molecular weight is 525 g/mol. The second kappa shape index (κ2) is 10.3. The molecule has 4 aromatic carbocycles. The summed E-state index contributed by atoms with van der Waals surface area (Å²) < 4.78 is 29.2. The number of aromatic nitrogens is 4. The maximum absolute atomic E-state index is 13.6. The SMILES string of the molecule is OC(CSc1nnc(-c2ccc(F)cc2)c(-c2ccc(F)cc2)n1)Cn1c2ccccc2c2ccccc21. The maximum atomic E-state index is 13.6. The van der Waals surface area contributed by atoms with Crippen molar-refractivity contribution in [2.24, 2.45) is 0 Å². The molecule has 1 unspecified atom stereocenters. The predicted octanol–water partition coefficient (Wildman–Crippen LogP) is 6.74. The Morgan fingerprint density at radius 2 is 1.21 bits per heavy atom. The largest absolute Gasteiger partial charge is 0.390 e. The second-order valence-corrected chi connectivity index (χ2v) is 9.90. The zero-order valence-electron chi connectivity index (χ0n) is 20.1. The molecule has 38 heavy (non-hydrogen) atoms. The van der Waals surface area contributed by atoms with E-state index in [1.165, 1.54) is 36.0 Å². The summed E-state index contributed by atoms with van der Waals surface area (Å²) in [6, 6.07) is 28.2. The highest BCUT2D eigenvalue weighted by Crippen LogP contribution is 2.32. The number of fused-ring (bicyclic) bond motifs is 3. The van der Waals surface area contributed by atoms with E-state index in [1.807, 2.05) is 24.3 Å². The van der Waals surface area contributed by atoms with Crippen molar-refractivity contribution in [2.75, 3.05) is 5.75 Å². The van der Waals surface area contributed by atoms with Crippen molar-refractivity contribution in [1.29, 1.82) is 0 Å². The van der Waals surface area contributed by atoms with Crippen molar-refractivity contribution >= 4 is 33.6 Å². The molecule has 0 aliphatic rings. The van der Waals surface area contributed by atoms with Crippen molar-refractivity contribution in [3.8, 4) is 22.5 Å². The number of hydrogen-bond acceptors (Lipinski definition) is 5. The molecule has 0 saturated heterocycles. The van der Waals surface area contributed by atoms with E-state index in [1.54, 1.807) is 24.3 Å². The lowest BCUT2D eigenvalue weighted by Crippen LogP contribution is -2.18. The first-order chi connectivity index (χ1) is 18.6. The number of para-hydroxylation sites is 2. The molecule has 2 aromatic heterocycles. The summed E-state index contributed by atoms with van der Waals surface area (Å²) in [4.78, 5) is 4.70. The Morgan fingerprint density at radius 1 is 0.684 bits per heavy atom. The molecule has 0 radical (unpaired) electrons. The van der Waals surface area contributed by atoms with Gasteiger partial charge in [0.25, 0.3) is 0 Å². The van der Waals surface area contributed by atoms with Gasteiger partial charge in [0.05, 0.1) is 12.6 Å². The van der Waals surface area contributed by atoms with Gasteiger partial charge < -0.3 is 9.67 Å². The maximum Gasteiger partial charge on any atom is 0.209 e. The third-order valence-corrected chi connectivity index (χ3v) is 7.36. The van der Waals surface area contributed by atoms with Gasteiger partial charge in [-0.2, -0.15) is 0 Å². The number of rotatable bonds is 7. The standard InChI is InChI=1S/C30H22F2N4OS/c31-21-13-9-19(10-14-21)28-29(20-11-15-22(32)16-12-20)34-35-30(33-28)38-18-23(37)17-36-26-7-3-1-5-24(26)25-6-2-4-8-27(25)36/h1-16,23,37H,17-18H2. The minimum Gasteiger partial charge on any atom is -0.390 e. The number of halogens is 2. The summed E-state index contributed by atoms with van der Waals surface area (Å²) in [5, 5.41) is 22.3. The van der Waals surface area contributed by atoms with Crippen LogP contribution in [0.15, 0.2) is 102 Å². The summed E-state index contributed by atoms with van der Waals surface area (Å²) >= 11 is 1.30. The molecule has 0 aliphatic heterocycles. The monoisotopic (exact) mass is 524 g/mol. The molecule has 0 aliphatic carbocycles. The molecule has 6 rings (SSSR count).